The Morgan fingerprint density at radius 1 is 1.16 bits per heavy atom. The maximum absolute atomic E-state index is 14.5. The van der Waals surface area contributed by atoms with E-state index in [-0.39, 0.29) is 18.0 Å². The molecule has 0 spiro atoms. The normalized spacial score (nSPS) is 12.3. The van der Waals surface area contributed by atoms with E-state index >= 15 is 0 Å². The smallest absolute Gasteiger partial charge is 0.404 e. The highest BCUT2D eigenvalue weighted by Gasteiger charge is 2.17. The third-order valence-electron chi connectivity index (χ3n) is 5.33. The SMILES string of the molecule is Cc1ccc2c(n1)c(CCc1ccc(S(C)(=O)=O)cc1)c(C)n2CC(F)=CCNC(=O)O. The van der Waals surface area contributed by atoms with Crippen LogP contribution in [-0.4, -0.2) is 42.0 Å². The lowest BCUT2D eigenvalue weighted by atomic mass is 10.0. The van der Waals surface area contributed by atoms with Crippen molar-refractivity contribution in [3.8, 4) is 0 Å². The summed E-state index contributed by atoms with van der Waals surface area (Å²) in [6.45, 7) is 3.70. The Kier molecular flexibility index (Phi) is 6.98. The van der Waals surface area contributed by atoms with E-state index in [4.69, 9.17) is 5.11 Å². The van der Waals surface area contributed by atoms with Gasteiger partial charge in [-0.2, -0.15) is 0 Å². The van der Waals surface area contributed by atoms with E-state index in [9.17, 15) is 17.6 Å². The van der Waals surface area contributed by atoms with Gasteiger partial charge in [-0.15, -0.1) is 0 Å². The molecule has 170 valence electrons. The first-order valence-electron chi connectivity index (χ1n) is 10.1. The molecule has 2 heterocycles. The van der Waals surface area contributed by atoms with E-state index in [1.165, 1.54) is 12.3 Å². The average molecular weight is 460 g/mol. The number of aromatic nitrogens is 2. The Morgan fingerprint density at radius 3 is 2.47 bits per heavy atom. The second-order valence-corrected chi connectivity index (χ2v) is 9.74. The van der Waals surface area contributed by atoms with Crippen molar-refractivity contribution in [3.63, 3.8) is 0 Å². The molecule has 0 radical (unpaired) electrons. The number of carbonyl (C=O) groups is 1. The number of rotatable bonds is 8. The summed E-state index contributed by atoms with van der Waals surface area (Å²) in [6.07, 6.45) is 2.53. The second kappa shape index (κ2) is 9.52. The van der Waals surface area contributed by atoms with Gasteiger partial charge in [0.05, 0.1) is 22.5 Å². The zero-order valence-electron chi connectivity index (χ0n) is 18.2. The number of fused-ring (bicyclic) bond motifs is 1. The van der Waals surface area contributed by atoms with Gasteiger partial charge < -0.3 is 15.0 Å². The molecule has 0 unspecified atom stereocenters. The summed E-state index contributed by atoms with van der Waals surface area (Å²) >= 11 is 0. The predicted molar refractivity (Wildman–Crippen MR) is 121 cm³/mol. The molecule has 0 saturated carbocycles. The summed E-state index contributed by atoms with van der Waals surface area (Å²) in [5, 5.41) is 10.8. The number of hydrogen-bond acceptors (Lipinski definition) is 4. The number of sulfone groups is 1. The van der Waals surface area contributed by atoms with Gasteiger partial charge in [0.1, 0.15) is 5.83 Å². The Balaban J connectivity index is 1.87. The van der Waals surface area contributed by atoms with Crippen LogP contribution in [0.1, 0.15) is 22.5 Å². The first-order valence-corrected chi connectivity index (χ1v) is 12.0. The molecule has 2 aromatic heterocycles. The zero-order valence-corrected chi connectivity index (χ0v) is 19.0. The van der Waals surface area contributed by atoms with E-state index in [1.54, 1.807) is 24.3 Å². The molecule has 0 bridgehead atoms. The molecule has 7 nitrogen and oxygen atoms in total. The molecule has 1 aromatic carbocycles. The minimum absolute atomic E-state index is 0.0164. The molecule has 0 atom stereocenters. The highest BCUT2D eigenvalue weighted by molar-refractivity contribution is 7.90. The van der Waals surface area contributed by atoms with Crippen molar-refractivity contribution in [1.82, 2.24) is 14.9 Å². The van der Waals surface area contributed by atoms with Gasteiger partial charge in [-0.1, -0.05) is 12.1 Å². The van der Waals surface area contributed by atoms with Gasteiger partial charge in [0.25, 0.3) is 0 Å². The third kappa shape index (κ3) is 5.53. The number of aryl methyl sites for hydroxylation is 3. The number of benzene rings is 1. The average Bonchev–Trinajstić information content (AvgIpc) is 2.96. The van der Waals surface area contributed by atoms with Crippen molar-refractivity contribution in [3.05, 3.63) is 70.8 Å². The summed E-state index contributed by atoms with van der Waals surface area (Å²) in [5.41, 5.74) is 5.37. The zero-order chi connectivity index (χ0) is 23.5. The maximum atomic E-state index is 14.5. The molecule has 3 rings (SSSR count). The second-order valence-electron chi connectivity index (χ2n) is 7.72. The molecule has 2 N–H and O–H groups in total. The Labute approximate surface area is 186 Å². The molecule has 1 amide bonds. The van der Waals surface area contributed by atoms with Gasteiger partial charge in [0, 0.05) is 24.2 Å². The molecule has 0 fully saturated rings. The number of carboxylic acid groups (broad SMARTS) is 1. The van der Waals surface area contributed by atoms with Gasteiger partial charge in [-0.05, 0) is 68.2 Å². The van der Waals surface area contributed by atoms with Crippen molar-refractivity contribution in [2.75, 3.05) is 12.8 Å². The van der Waals surface area contributed by atoms with E-state index < -0.39 is 21.8 Å². The van der Waals surface area contributed by atoms with Crippen molar-refractivity contribution in [2.45, 2.75) is 38.1 Å². The lowest BCUT2D eigenvalue weighted by Crippen LogP contribution is -2.20. The van der Waals surface area contributed by atoms with E-state index in [0.29, 0.717) is 12.8 Å². The molecule has 9 heteroatoms. The number of amides is 1. The van der Waals surface area contributed by atoms with Crippen LogP contribution in [0, 0.1) is 13.8 Å². The van der Waals surface area contributed by atoms with Crippen LogP contribution in [0.15, 0.2) is 53.2 Å². The van der Waals surface area contributed by atoms with Crippen LogP contribution in [0.25, 0.3) is 11.0 Å². The van der Waals surface area contributed by atoms with Crippen LogP contribution < -0.4 is 5.32 Å². The highest BCUT2D eigenvalue weighted by Crippen LogP contribution is 2.27. The van der Waals surface area contributed by atoms with E-state index in [1.807, 2.05) is 30.5 Å². The Bertz CT molecular complexity index is 1280. The monoisotopic (exact) mass is 459 g/mol. The van der Waals surface area contributed by atoms with Crippen LogP contribution >= 0.6 is 0 Å². The molecule has 3 aromatic rings. The standard InChI is InChI=1S/C23H26FN3O4S/c1-15-4-11-21-22(26-15)20(10-7-17-5-8-19(9-6-17)32(3,30)31)16(2)27(21)14-18(24)12-13-25-23(28)29/h4-6,8-9,11-12,25H,7,10,13-14H2,1-3H3,(H,28,29). The van der Waals surface area contributed by atoms with Gasteiger partial charge in [0.15, 0.2) is 9.84 Å². The van der Waals surface area contributed by atoms with Gasteiger partial charge in [0.2, 0.25) is 0 Å². The molecule has 0 aliphatic rings. The van der Waals surface area contributed by atoms with Crippen molar-refractivity contribution in [2.24, 2.45) is 0 Å². The summed E-state index contributed by atoms with van der Waals surface area (Å²) in [5.74, 6) is -0.442. The van der Waals surface area contributed by atoms with Crippen LogP contribution in [0.4, 0.5) is 9.18 Å². The quantitative estimate of drug-likeness (QED) is 0.531. The Morgan fingerprint density at radius 2 is 1.84 bits per heavy atom. The first kappa shape index (κ1) is 23.5. The largest absolute Gasteiger partial charge is 0.465 e. The summed E-state index contributed by atoms with van der Waals surface area (Å²) in [7, 11) is -3.24. The van der Waals surface area contributed by atoms with Crippen molar-refractivity contribution >= 4 is 27.0 Å². The molecule has 0 aliphatic carbocycles. The Hall–Kier alpha value is -3.20. The number of halogens is 1. The first-order chi connectivity index (χ1) is 15.1. The topological polar surface area (TPSA) is 101 Å². The number of pyridine rings is 1. The van der Waals surface area contributed by atoms with Crippen LogP contribution in [0.5, 0.6) is 0 Å². The summed E-state index contributed by atoms with van der Waals surface area (Å²) in [6, 6.07) is 10.6. The molecular formula is C23H26FN3O4S. The molecule has 0 saturated heterocycles. The number of nitrogens with zero attached hydrogens (tertiary/aromatic N) is 2. The van der Waals surface area contributed by atoms with Gasteiger partial charge in [-0.25, -0.2) is 17.6 Å². The molecular weight excluding hydrogens is 433 g/mol. The molecule has 0 aliphatic heterocycles. The van der Waals surface area contributed by atoms with Gasteiger partial charge >= 0.3 is 6.09 Å². The third-order valence-corrected chi connectivity index (χ3v) is 6.46. The predicted octanol–water partition coefficient (Wildman–Crippen LogP) is 3.96. The van der Waals surface area contributed by atoms with Crippen LogP contribution in [-0.2, 0) is 29.2 Å². The van der Waals surface area contributed by atoms with Crippen LogP contribution in [0.2, 0.25) is 0 Å². The molecule has 32 heavy (non-hydrogen) atoms. The fourth-order valence-corrected chi connectivity index (χ4v) is 4.28. The number of nitrogens with one attached hydrogen (secondary N) is 1. The van der Waals surface area contributed by atoms with Crippen LogP contribution in [0.3, 0.4) is 0 Å². The highest BCUT2D eigenvalue weighted by atomic mass is 32.2. The fourth-order valence-electron chi connectivity index (χ4n) is 3.64. The number of hydrogen-bond donors (Lipinski definition) is 2. The fraction of sp³-hybridized carbons (Fsp3) is 0.304. The lowest BCUT2D eigenvalue weighted by Gasteiger charge is -2.08. The van der Waals surface area contributed by atoms with Crippen molar-refractivity contribution in [1.29, 1.82) is 0 Å². The summed E-state index contributed by atoms with van der Waals surface area (Å²) in [4.78, 5) is 15.5. The van der Waals surface area contributed by atoms with Crippen molar-refractivity contribution < 1.29 is 22.7 Å². The minimum atomic E-state index is -3.24. The van der Waals surface area contributed by atoms with Gasteiger partial charge in [-0.3, -0.25) is 4.98 Å². The summed E-state index contributed by atoms with van der Waals surface area (Å²) < 4.78 is 39.6. The van der Waals surface area contributed by atoms with E-state index in [2.05, 4.69) is 10.3 Å². The van der Waals surface area contributed by atoms with E-state index in [0.717, 1.165) is 33.5 Å². The number of allylic oxidation sites excluding steroid dienone is 1. The lowest BCUT2D eigenvalue weighted by molar-refractivity contribution is 0.195. The minimum Gasteiger partial charge on any atom is -0.465 e. The maximum Gasteiger partial charge on any atom is 0.404 e.